The van der Waals surface area contributed by atoms with E-state index in [1.807, 2.05) is 0 Å². The van der Waals surface area contributed by atoms with Gasteiger partial charge in [0.1, 0.15) is 0 Å². The second-order valence-electron chi connectivity index (χ2n) is 1.28. The van der Waals surface area contributed by atoms with E-state index < -0.39 is 0 Å². The summed E-state index contributed by atoms with van der Waals surface area (Å²) in [5.41, 5.74) is 0. The summed E-state index contributed by atoms with van der Waals surface area (Å²) >= 11 is 10.5. The maximum atomic E-state index is 5.37. The molecular formula is C4H10Cl3N. The molecule has 0 atom stereocenters. The predicted octanol–water partition coefficient (Wildman–Crippen LogP) is 2.17. The van der Waals surface area contributed by atoms with E-state index in [0.717, 1.165) is 25.3 Å². The van der Waals surface area contributed by atoms with Gasteiger partial charge in [-0.25, -0.2) is 4.84 Å². The summed E-state index contributed by atoms with van der Waals surface area (Å²) in [6, 6.07) is 0. The van der Waals surface area contributed by atoms with Crippen LogP contribution in [0.5, 0.6) is 0 Å². The van der Waals surface area contributed by atoms with Crippen LogP contribution in [0.15, 0.2) is 0 Å². The van der Waals surface area contributed by atoms with Gasteiger partial charge in [0.15, 0.2) is 0 Å². The average molecular weight is 178 g/mol. The zero-order valence-corrected chi connectivity index (χ0v) is 6.82. The van der Waals surface area contributed by atoms with Crippen LogP contribution in [0, 0.1) is 0 Å². The highest BCUT2D eigenvalue weighted by molar-refractivity contribution is 6.17. The topological polar surface area (TPSA) is 12.0 Å². The molecule has 0 bridgehead atoms. The van der Waals surface area contributed by atoms with E-state index in [-0.39, 0.29) is 12.4 Å². The van der Waals surface area contributed by atoms with E-state index in [9.17, 15) is 0 Å². The van der Waals surface area contributed by atoms with Crippen molar-refractivity contribution in [2.75, 3.05) is 12.4 Å². The van der Waals surface area contributed by atoms with E-state index in [4.69, 9.17) is 23.4 Å². The van der Waals surface area contributed by atoms with Gasteiger partial charge in [0.25, 0.3) is 0 Å². The summed E-state index contributed by atoms with van der Waals surface area (Å²) in [5, 5.41) is 0. The first-order chi connectivity index (χ1) is 3.41. The molecule has 0 aromatic carbocycles. The highest BCUT2D eigenvalue weighted by atomic mass is 35.5. The third kappa shape index (κ3) is 9.95. The molecule has 4 heteroatoms. The minimum absolute atomic E-state index is 0. The van der Waals surface area contributed by atoms with Gasteiger partial charge in [-0.05, 0) is 24.6 Å². The Bertz CT molecular complexity index is 30.5. The lowest BCUT2D eigenvalue weighted by Gasteiger charge is -1.90. The van der Waals surface area contributed by atoms with Gasteiger partial charge in [-0.3, -0.25) is 0 Å². The molecule has 52 valence electrons. The Balaban J connectivity index is 0. The molecule has 0 fully saturated rings. The van der Waals surface area contributed by atoms with Crippen LogP contribution in [0.1, 0.15) is 12.8 Å². The molecule has 1 N–H and O–H groups in total. The van der Waals surface area contributed by atoms with Gasteiger partial charge in [-0.15, -0.1) is 24.0 Å². The van der Waals surface area contributed by atoms with E-state index in [0.29, 0.717) is 0 Å². The highest BCUT2D eigenvalue weighted by Crippen LogP contribution is 1.88. The van der Waals surface area contributed by atoms with Crippen molar-refractivity contribution >= 4 is 35.8 Å². The van der Waals surface area contributed by atoms with Crippen LogP contribution >= 0.6 is 35.8 Å². The Morgan fingerprint density at radius 3 is 2.25 bits per heavy atom. The molecule has 0 unspecified atom stereocenters. The summed E-state index contributed by atoms with van der Waals surface area (Å²) < 4.78 is 0. The molecule has 8 heavy (non-hydrogen) atoms. The molecule has 0 aromatic rings. The number of hydrogen-bond donors (Lipinski definition) is 1. The summed E-state index contributed by atoms with van der Waals surface area (Å²) in [7, 11) is 0. The minimum Gasteiger partial charge on any atom is -0.234 e. The SMILES string of the molecule is Cl.ClCCCCNCl. The summed E-state index contributed by atoms with van der Waals surface area (Å²) in [4.78, 5) is 2.52. The van der Waals surface area contributed by atoms with Crippen molar-refractivity contribution in [3.05, 3.63) is 0 Å². The van der Waals surface area contributed by atoms with Gasteiger partial charge < -0.3 is 0 Å². The molecule has 1 nitrogen and oxygen atoms in total. The molecule has 0 aromatic heterocycles. The van der Waals surface area contributed by atoms with Crippen molar-refractivity contribution in [2.24, 2.45) is 0 Å². The largest absolute Gasteiger partial charge is 0.234 e. The molecule has 0 aliphatic carbocycles. The maximum Gasteiger partial charge on any atom is 0.0223 e. The lowest BCUT2D eigenvalue weighted by molar-refractivity contribution is 0.775. The molecular weight excluding hydrogens is 168 g/mol. The fourth-order valence-electron chi connectivity index (χ4n) is 0.286. The predicted molar refractivity (Wildman–Crippen MR) is 41.1 cm³/mol. The molecule has 0 saturated carbocycles. The van der Waals surface area contributed by atoms with Crippen LogP contribution in [-0.4, -0.2) is 12.4 Å². The smallest absolute Gasteiger partial charge is 0.0223 e. The van der Waals surface area contributed by atoms with Crippen LogP contribution in [0.4, 0.5) is 0 Å². The normalized spacial score (nSPS) is 8.25. The zero-order chi connectivity index (χ0) is 5.54. The number of halogens is 3. The highest BCUT2D eigenvalue weighted by Gasteiger charge is 1.81. The van der Waals surface area contributed by atoms with E-state index in [1.54, 1.807) is 0 Å². The third-order valence-electron chi connectivity index (χ3n) is 0.655. The Labute approximate surface area is 66.3 Å². The van der Waals surface area contributed by atoms with Crippen LogP contribution in [0.3, 0.4) is 0 Å². The Hall–Kier alpha value is 0.830. The third-order valence-corrected chi connectivity index (χ3v) is 1.11. The quantitative estimate of drug-likeness (QED) is 0.395. The maximum absolute atomic E-state index is 5.37. The van der Waals surface area contributed by atoms with Crippen molar-refractivity contribution in [3.8, 4) is 0 Å². The van der Waals surface area contributed by atoms with Crippen molar-refractivity contribution in [1.82, 2.24) is 4.84 Å². The van der Waals surface area contributed by atoms with E-state index in [1.165, 1.54) is 0 Å². The van der Waals surface area contributed by atoms with Crippen molar-refractivity contribution in [2.45, 2.75) is 12.8 Å². The first-order valence-corrected chi connectivity index (χ1v) is 3.22. The van der Waals surface area contributed by atoms with Gasteiger partial charge >= 0.3 is 0 Å². The molecule has 0 amide bonds. The molecule has 0 aliphatic heterocycles. The number of nitrogens with one attached hydrogen (secondary N) is 1. The lowest BCUT2D eigenvalue weighted by atomic mass is 10.3. The second kappa shape index (κ2) is 10.7. The molecule has 0 aliphatic rings. The van der Waals surface area contributed by atoms with Gasteiger partial charge in [0.2, 0.25) is 0 Å². The Morgan fingerprint density at radius 2 is 1.88 bits per heavy atom. The van der Waals surface area contributed by atoms with E-state index in [2.05, 4.69) is 4.84 Å². The van der Waals surface area contributed by atoms with Crippen LogP contribution in [-0.2, 0) is 0 Å². The summed E-state index contributed by atoms with van der Waals surface area (Å²) in [6.07, 6.45) is 2.11. The monoisotopic (exact) mass is 177 g/mol. The molecule has 0 radical (unpaired) electrons. The molecule has 0 spiro atoms. The average Bonchev–Trinajstić information content (AvgIpc) is 1.69. The fourth-order valence-corrected chi connectivity index (χ4v) is 0.609. The Kier molecular flexibility index (Phi) is 15.6. The molecule has 0 heterocycles. The van der Waals surface area contributed by atoms with Crippen LogP contribution < -0.4 is 4.84 Å². The van der Waals surface area contributed by atoms with Gasteiger partial charge in [-0.2, -0.15) is 0 Å². The molecule has 0 rings (SSSR count). The lowest BCUT2D eigenvalue weighted by Crippen LogP contribution is -1.99. The number of unbranched alkanes of at least 4 members (excludes halogenated alkanes) is 1. The number of hydrogen-bond acceptors (Lipinski definition) is 1. The van der Waals surface area contributed by atoms with Crippen molar-refractivity contribution < 1.29 is 0 Å². The second-order valence-corrected chi connectivity index (χ2v) is 1.92. The number of alkyl halides is 1. The summed E-state index contributed by atoms with van der Waals surface area (Å²) in [5.74, 6) is 0.735. The van der Waals surface area contributed by atoms with Gasteiger partial charge in [0.05, 0.1) is 0 Å². The van der Waals surface area contributed by atoms with Crippen molar-refractivity contribution in [1.29, 1.82) is 0 Å². The van der Waals surface area contributed by atoms with Gasteiger partial charge in [-0.1, -0.05) is 0 Å². The van der Waals surface area contributed by atoms with E-state index >= 15 is 0 Å². The van der Waals surface area contributed by atoms with Crippen LogP contribution in [0.2, 0.25) is 0 Å². The zero-order valence-electron chi connectivity index (χ0n) is 4.49. The van der Waals surface area contributed by atoms with Crippen LogP contribution in [0.25, 0.3) is 0 Å². The Morgan fingerprint density at radius 1 is 1.25 bits per heavy atom. The first-order valence-electron chi connectivity index (χ1n) is 2.31. The minimum atomic E-state index is 0. The standard InChI is InChI=1S/C4H9Cl2N.ClH/c5-3-1-2-4-7-6;/h7H,1-4H2;1H. The summed E-state index contributed by atoms with van der Waals surface area (Å²) in [6.45, 7) is 0.855. The van der Waals surface area contributed by atoms with Crippen molar-refractivity contribution in [3.63, 3.8) is 0 Å². The fraction of sp³-hybridized carbons (Fsp3) is 1.00. The number of rotatable bonds is 4. The van der Waals surface area contributed by atoms with Gasteiger partial charge in [0, 0.05) is 12.4 Å². The molecule has 0 saturated heterocycles. The first kappa shape index (κ1) is 11.6.